The zero-order valence-corrected chi connectivity index (χ0v) is 16.6. The molecule has 1 saturated heterocycles. The zero-order chi connectivity index (χ0) is 19.9. The minimum Gasteiger partial charge on any atom is -0.494 e. The zero-order valence-electron chi connectivity index (χ0n) is 16.6. The number of nitrogens with one attached hydrogen (secondary N) is 1. The van der Waals surface area contributed by atoms with Crippen LogP contribution in [-0.4, -0.2) is 60.3 Å². The van der Waals surface area contributed by atoms with E-state index in [2.05, 4.69) is 20.2 Å². The summed E-state index contributed by atoms with van der Waals surface area (Å²) in [6.07, 6.45) is 0. The van der Waals surface area contributed by atoms with Crippen LogP contribution in [0.4, 0.5) is 16.3 Å². The SMILES string of the molecule is CCOc1ccc(NC(=O)N2CCN(c3cc(OCC)nc(C)n3)CC2)cc1. The van der Waals surface area contributed by atoms with Gasteiger partial charge in [-0.25, -0.2) is 9.78 Å². The number of hydrogen-bond acceptors (Lipinski definition) is 6. The lowest BCUT2D eigenvalue weighted by molar-refractivity contribution is 0.208. The number of ether oxygens (including phenoxy) is 2. The van der Waals surface area contributed by atoms with Crippen LogP contribution in [0.2, 0.25) is 0 Å². The van der Waals surface area contributed by atoms with Crippen molar-refractivity contribution >= 4 is 17.5 Å². The summed E-state index contributed by atoms with van der Waals surface area (Å²) in [6, 6.07) is 9.15. The number of carbonyl (C=O) groups excluding carboxylic acids is 1. The van der Waals surface area contributed by atoms with Crippen LogP contribution < -0.4 is 19.7 Å². The van der Waals surface area contributed by atoms with Crippen LogP contribution in [0.3, 0.4) is 0 Å². The first-order chi connectivity index (χ1) is 13.6. The average molecular weight is 385 g/mol. The Morgan fingerprint density at radius 2 is 1.71 bits per heavy atom. The maximum Gasteiger partial charge on any atom is 0.321 e. The van der Waals surface area contributed by atoms with Gasteiger partial charge in [-0.1, -0.05) is 0 Å². The van der Waals surface area contributed by atoms with Crippen LogP contribution in [0.1, 0.15) is 19.7 Å². The molecule has 28 heavy (non-hydrogen) atoms. The highest BCUT2D eigenvalue weighted by molar-refractivity contribution is 5.89. The number of benzene rings is 1. The Morgan fingerprint density at radius 3 is 2.36 bits per heavy atom. The second kappa shape index (κ2) is 9.25. The summed E-state index contributed by atoms with van der Waals surface area (Å²) in [5, 5.41) is 2.94. The molecule has 8 nitrogen and oxygen atoms in total. The average Bonchev–Trinajstić information content (AvgIpc) is 2.69. The Hall–Kier alpha value is -3.03. The highest BCUT2D eigenvalue weighted by atomic mass is 16.5. The number of aromatic nitrogens is 2. The van der Waals surface area contributed by atoms with Gasteiger partial charge in [0, 0.05) is 37.9 Å². The van der Waals surface area contributed by atoms with E-state index in [4.69, 9.17) is 9.47 Å². The maximum absolute atomic E-state index is 12.5. The van der Waals surface area contributed by atoms with Gasteiger partial charge >= 0.3 is 6.03 Å². The molecule has 8 heteroatoms. The van der Waals surface area contributed by atoms with Crippen molar-refractivity contribution in [2.24, 2.45) is 0 Å². The van der Waals surface area contributed by atoms with Crippen LogP contribution in [0, 0.1) is 6.92 Å². The number of aryl methyl sites for hydroxylation is 1. The quantitative estimate of drug-likeness (QED) is 0.824. The van der Waals surface area contributed by atoms with E-state index in [9.17, 15) is 4.79 Å². The summed E-state index contributed by atoms with van der Waals surface area (Å²) in [5.41, 5.74) is 0.753. The molecule has 0 spiro atoms. The molecule has 0 saturated carbocycles. The van der Waals surface area contributed by atoms with Crippen molar-refractivity contribution in [3.63, 3.8) is 0 Å². The van der Waals surface area contributed by atoms with E-state index in [0.717, 1.165) is 17.3 Å². The molecule has 0 atom stereocenters. The fourth-order valence-electron chi connectivity index (χ4n) is 3.05. The molecule has 1 aromatic carbocycles. The van der Waals surface area contributed by atoms with Crippen molar-refractivity contribution in [2.45, 2.75) is 20.8 Å². The molecule has 0 aliphatic carbocycles. The fourth-order valence-corrected chi connectivity index (χ4v) is 3.05. The Balaban J connectivity index is 1.55. The number of nitrogens with zero attached hydrogens (tertiary/aromatic N) is 4. The number of rotatable bonds is 6. The smallest absolute Gasteiger partial charge is 0.321 e. The molecule has 0 bridgehead atoms. The van der Waals surface area contributed by atoms with Gasteiger partial charge in [0.15, 0.2) is 0 Å². The van der Waals surface area contributed by atoms with Gasteiger partial charge in [-0.15, -0.1) is 0 Å². The molecular formula is C20H27N5O3. The minimum atomic E-state index is -0.0994. The lowest BCUT2D eigenvalue weighted by Gasteiger charge is -2.35. The molecule has 1 aliphatic heterocycles. The van der Waals surface area contributed by atoms with Gasteiger partial charge in [-0.05, 0) is 45.0 Å². The third-order valence-corrected chi connectivity index (χ3v) is 4.40. The van der Waals surface area contributed by atoms with Crippen LogP contribution >= 0.6 is 0 Å². The largest absolute Gasteiger partial charge is 0.494 e. The van der Waals surface area contributed by atoms with Crippen molar-refractivity contribution < 1.29 is 14.3 Å². The minimum absolute atomic E-state index is 0.0994. The van der Waals surface area contributed by atoms with Crippen molar-refractivity contribution in [1.29, 1.82) is 0 Å². The highest BCUT2D eigenvalue weighted by Crippen LogP contribution is 2.20. The molecule has 2 heterocycles. The monoisotopic (exact) mass is 385 g/mol. The first-order valence-electron chi connectivity index (χ1n) is 9.61. The summed E-state index contributed by atoms with van der Waals surface area (Å²) in [6.45, 7) is 9.56. The van der Waals surface area contributed by atoms with Gasteiger partial charge in [-0.2, -0.15) is 4.98 Å². The molecule has 2 amide bonds. The van der Waals surface area contributed by atoms with Crippen LogP contribution in [0.15, 0.2) is 30.3 Å². The number of carbonyl (C=O) groups is 1. The van der Waals surface area contributed by atoms with Crippen LogP contribution in [0.25, 0.3) is 0 Å². The van der Waals surface area contributed by atoms with Crippen molar-refractivity contribution in [3.05, 3.63) is 36.2 Å². The van der Waals surface area contributed by atoms with Gasteiger partial charge in [0.2, 0.25) is 5.88 Å². The van der Waals surface area contributed by atoms with Gasteiger partial charge in [0.25, 0.3) is 0 Å². The second-order valence-electron chi connectivity index (χ2n) is 6.41. The third-order valence-electron chi connectivity index (χ3n) is 4.40. The first kappa shape index (κ1) is 19.7. The van der Waals surface area contributed by atoms with E-state index in [0.29, 0.717) is 51.1 Å². The Bertz CT molecular complexity index is 789. The normalized spacial score (nSPS) is 14.0. The molecule has 1 aliphatic rings. The van der Waals surface area contributed by atoms with Crippen LogP contribution in [-0.2, 0) is 0 Å². The summed E-state index contributed by atoms with van der Waals surface area (Å²) in [4.78, 5) is 25.3. The fraction of sp³-hybridized carbons (Fsp3) is 0.450. The van der Waals surface area contributed by atoms with E-state index in [1.165, 1.54) is 0 Å². The molecular weight excluding hydrogens is 358 g/mol. The topological polar surface area (TPSA) is 79.8 Å². The van der Waals surface area contributed by atoms with E-state index >= 15 is 0 Å². The number of anilines is 2. The molecule has 1 N–H and O–H groups in total. The molecule has 0 radical (unpaired) electrons. The molecule has 2 aromatic rings. The number of amides is 2. The summed E-state index contributed by atoms with van der Waals surface area (Å²) < 4.78 is 10.9. The van der Waals surface area contributed by atoms with Crippen molar-refractivity contribution in [3.8, 4) is 11.6 Å². The molecule has 1 aromatic heterocycles. The van der Waals surface area contributed by atoms with Gasteiger partial charge < -0.3 is 24.6 Å². The Morgan fingerprint density at radius 1 is 1.04 bits per heavy atom. The lowest BCUT2D eigenvalue weighted by Crippen LogP contribution is -2.50. The van der Waals surface area contributed by atoms with Gasteiger partial charge in [-0.3, -0.25) is 0 Å². The van der Waals surface area contributed by atoms with Crippen LogP contribution in [0.5, 0.6) is 11.6 Å². The van der Waals surface area contributed by atoms with E-state index in [-0.39, 0.29) is 6.03 Å². The number of piperazine rings is 1. The summed E-state index contributed by atoms with van der Waals surface area (Å²) >= 11 is 0. The second-order valence-corrected chi connectivity index (χ2v) is 6.41. The van der Waals surface area contributed by atoms with Gasteiger partial charge in [0.05, 0.1) is 13.2 Å². The van der Waals surface area contributed by atoms with E-state index < -0.39 is 0 Å². The predicted octanol–water partition coefficient (Wildman–Crippen LogP) is 2.94. The lowest BCUT2D eigenvalue weighted by atomic mass is 10.3. The molecule has 150 valence electrons. The summed E-state index contributed by atoms with van der Waals surface area (Å²) in [7, 11) is 0. The molecule has 1 fully saturated rings. The predicted molar refractivity (Wildman–Crippen MR) is 108 cm³/mol. The number of urea groups is 1. The highest BCUT2D eigenvalue weighted by Gasteiger charge is 2.22. The number of hydrogen-bond donors (Lipinski definition) is 1. The van der Waals surface area contributed by atoms with Crippen molar-refractivity contribution in [2.75, 3.05) is 49.6 Å². The first-order valence-corrected chi connectivity index (χ1v) is 9.61. The van der Waals surface area contributed by atoms with E-state index in [1.807, 2.05) is 56.0 Å². The molecule has 0 unspecified atom stereocenters. The molecule has 3 rings (SSSR count). The standard InChI is InChI=1S/C20H27N5O3/c1-4-27-17-8-6-16(7-9-17)23-20(26)25-12-10-24(11-13-25)18-14-19(28-5-2)22-15(3)21-18/h6-9,14H,4-5,10-13H2,1-3H3,(H,23,26). The summed E-state index contributed by atoms with van der Waals surface area (Å²) in [5.74, 6) is 2.89. The maximum atomic E-state index is 12.5. The van der Waals surface area contributed by atoms with Gasteiger partial charge in [0.1, 0.15) is 17.4 Å². The van der Waals surface area contributed by atoms with Crippen molar-refractivity contribution in [1.82, 2.24) is 14.9 Å². The Labute approximate surface area is 165 Å². The van der Waals surface area contributed by atoms with E-state index in [1.54, 1.807) is 0 Å². The Kier molecular flexibility index (Phi) is 6.52. The third kappa shape index (κ3) is 5.03.